The van der Waals surface area contributed by atoms with Gasteiger partial charge < -0.3 is 48.4 Å². The molecule has 0 spiro atoms. The number of para-hydroxylation sites is 1. The van der Waals surface area contributed by atoms with Gasteiger partial charge in [0.1, 0.15) is 17.5 Å². The second-order valence-corrected chi connectivity index (χ2v) is 23.4. The van der Waals surface area contributed by atoms with Crippen molar-refractivity contribution in [2.75, 3.05) is 0 Å². The molecule has 0 saturated carbocycles. The molecule has 548 valence electrons. The van der Waals surface area contributed by atoms with Crippen molar-refractivity contribution in [1.29, 1.82) is 0 Å². The first-order chi connectivity index (χ1) is 51.0. The molecule has 0 aliphatic carbocycles. The van der Waals surface area contributed by atoms with E-state index in [1.165, 1.54) is 132 Å². The van der Waals surface area contributed by atoms with Gasteiger partial charge in [-0.15, -0.1) is 0 Å². The highest BCUT2D eigenvalue weighted by Crippen LogP contribution is 2.38. The van der Waals surface area contributed by atoms with Crippen LogP contribution in [0.15, 0.2) is 262 Å². The van der Waals surface area contributed by atoms with E-state index < -0.39 is 88.4 Å². The first kappa shape index (κ1) is 75.4. The Kier molecular flexibility index (Phi) is 21.0. The smallest absolute Gasteiger partial charge is 0.418 e. The number of aromatic carboxylic acids is 5. The quantitative estimate of drug-likeness (QED) is 0.0810. The topological polar surface area (TPSA) is 224 Å². The minimum atomic E-state index is -4.46. The molecular formula is C78H48F14N6O10. The van der Waals surface area contributed by atoms with Crippen molar-refractivity contribution < 1.29 is 111 Å². The molecule has 15 rings (SSSR count). The lowest BCUT2D eigenvalue weighted by atomic mass is 10.1. The summed E-state index contributed by atoms with van der Waals surface area (Å²) in [4.78, 5) is 58.5. The summed E-state index contributed by atoms with van der Waals surface area (Å²) in [7, 11) is 0. The third kappa shape index (κ3) is 16.7. The molecule has 6 aromatic heterocycles. The van der Waals surface area contributed by atoms with E-state index in [1.54, 1.807) is 104 Å². The molecule has 0 amide bonds. The normalized spacial score (nSPS) is 11.6. The van der Waals surface area contributed by atoms with Gasteiger partial charge in [-0.2, -0.15) is 52.7 Å². The van der Waals surface area contributed by atoms with Gasteiger partial charge in [-0.05, 0) is 200 Å². The Morgan fingerprint density at radius 2 is 0.667 bits per heavy atom. The molecule has 0 saturated heterocycles. The predicted molar refractivity (Wildman–Crippen MR) is 369 cm³/mol. The van der Waals surface area contributed by atoms with Crippen molar-refractivity contribution in [2.45, 2.75) is 24.7 Å². The molecule has 0 aliphatic heterocycles. The molecule has 6 heterocycles. The summed E-state index contributed by atoms with van der Waals surface area (Å²) in [5.74, 6) is -6.20. The van der Waals surface area contributed by atoms with Gasteiger partial charge >= 0.3 is 54.6 Å². The molecule has 30 heteroatoms. The number of hydrogen-bond acceptors (Lipinski definition) is 6. The van der Waals surface area contributed by atoms with Crippen LogP contribution in [0.5, 0.6) is 0 Å². The number of halogens is 14. The number of benzene rings is 9. The summed E-state index contributed by atoms with van der Waals surface area (Å²) < 4.78 is 188. The molecule has 0 aliphatic rings. The van der Waals surface area contributed by atoms with Crippen molar-refractivity contribution in [3.8, 4) is 28.6 Å². The summed E-state index contributed by atoms with van der Waals surface area (Å²) in [6.45, 7) is 0. The fourth-order valence-electron chi connectivity index (χ4n) is 11.4. The molecule has 0 fully saturated rings. The van der Waals surface area contributed by atoms with Gasteiger partial charge in [0, 0.05) is 81.6 Å². The lowest BCUT2D eigenvalue weighted by Gasteiger charge is -2.14. The molecule has 0 bridgehead atoms. The fraction of sp³-hybridized carbons (Fsp3) is 0.0513. The highest BCUT2D eigenvalue weighted by atomic mass is 19.4. The molecule has 0 unspecified atom stereocenters. The number of aromatic nitrogens is 6. The highest BCUT2D eigenvalue weighted by Gasteiger charge is 2.35. The number of rotatable bonds is 10. The van der Waals surface area contributed by atoms with Gasteiger partial charge in [0.25, 0.3) is 0 Å². The zero-order valence-electron chi connectivity index (χ0n) is 54.6. The van der Waals surface area contributed by atoms with E-state index in [-0.39, 0.29) is 39.2 Å². The van der Waals surface area contributed by atoms with Crippen molar-refractivity contribution in [3.05, 3.63) is 323 Å². The van der Waals surface area contributed by atoms with Gasteiger partial charge in [-0.1, -0.05) is 18.2 Å². The number of nitrogens with zero attached hydrogens (tertiary/aromatic N) is 6. The number of carboxylic acid groups (broad SMARTS) is 5. The van der Waals surface area contributed by atoms with Crippen molar-refractivity contribution in [2.24, 2.45) is 0 Å². The molecule has 108 heavy (non-hydrogen) atoms. The second-order valence-electron chi connectivity index (χ2n) is 23.4. The summed E-state index contributed by atoms with van der Waals surface area (Å²) in [6.07, 6.45) is -8.84. The van der Waals surface area contributed by atoms with Crippen LogP contribution in [0.4, 0.5) is 61.5 Å². The molecular weight excluding hydrogens is 1450 g/mol. The van der Waals surface area contributed by atoms with E-state index in [2.05, 4.69) is 4.98 Å². The first-order valence-corrected chi connectivity index (χ1v) is 31.3. The van der Waals surface area contributed by atoms with Crippen molar-refractivity contribution in [3.63, 3.8) is 0 Å². The van der Waals surface area contributed by atoms with Crippen LogP contribution < -0.4 is 0 Å². The summed E-state index contributed by atoms with van der Waals surface area (Å²) in [6, 6.07) is 51.5. The summed E-state index contributed by atoms with van der Waals surface area (Å²) in [5, 5.41) is 48.0. The maximum Gasteiger partial charge on any atom is 0.418 e. The van der Waals surface area contributed by atoms with Crippen LogP contribution >= 0.6 is 0 Å². The molecule has 16 nitrogen and oxygen atoms in total. The summed E-state index contributed by atoms with van der Waals surface area (Å²) >= 11 is 0. The minimum absolute atomic E-state index is 0.00748. The Morgan fingerprint density at radius 1 is 0.296 bits per heavy atom. The van der Waals surface area contributed by atoms with Crippen LogP contribution in [-0.2, 0) is 24.7 Å². The first-order valence-electron chi connectivity index (χ1n) is 31.3. The van der Waals surface area contributed by atoms with Crippen LogP contribution in [0.2, 0.25) is 0 Å². The van der Waals surface area contributed by atoms with Gasteiger partial charge in [0.15, 0.2) is 0 Å². The Morgan fingerprint density at radius 3 is 1.06 bits per heavy atom. The molecule has 0 atom stereocenters. The van der Waals surface area contributed by atoms with Crippen LogP contribution in [0.1, 0.15) is 74.0 Å². The maximum absolute atomic E-state index is 13.8. The zero-order chi connectivity index (χ0) is 77.9. The van der Waals surface area contributed by atoms with E-state index in [0.29, 0.717) is 66.2 Å². The van der Waals surface area contributed by atoms with E-state index in [4.69, 9.17) is 25.5 Å². The highest BCUT2D eigenvalue weighted by molar-refractivity contribution is 5.98. The standard InChI is InChI=1S/3C16H10F3NO2.C15H9F3N2O2.C15H9F2NO2/c17-16(18,19)12-2-4-13(5-3-12)20-8-7-10-9-11(15(21)22)1-6-14(10)20;17-16(18,19)12-2-1-3-13(9-12)20-7-6-10-8-11(15(21)22)4-5-14(10)20;17-16(18,19)12-3-1-2-4-14(12)20-8-7-10-9-11(15(21)22)5-6-13(10)20;16-15(17,18)11-2-4-13(19-8-11)20-6-5-9-7-10(14(21)22)1-3-12(9)20;16-11-2-4-14(12(17)8-11)18-6-5-9-7-10(15(19)20)1-3-13(9)18/h3*1-9H,(H,21,22);1-8H,(H,21,22);1-8H,(H,19,20). The number of pyridine rings is 1. The minimum Gasteiger partial charge on any atom is -0.478 e. The van der Waals surface area contributed by atoms with Crippen LogP contribution in [0, 0.1) is 11.6 Å². The van der Waals surface area contributed by atoms with Crippen molar-refractivity contribution in [1.82, 2.24) is 27.8 Å². The number of alkyl halides is 12. The van der Waals surface area contributed by atoms with Crippen LogP contribution in [-0.4, -0.2) is 83.2 Å². The molecule has 15 aromatic rings. The van der Waals surface area contributed by atoms with Crippen LogP contribution in [0.25, 0.3) is 83.1 Å². The number of fused-ring (bicyclic) bond motifs is 5. The summed E-state index contributed by atoms with van der Waals surface area (Å²) in [5.41, 5.74) is 2.07. The molecule has 5 N–H and O–H groups in total. The SMILES string of the molecule is O=C(O)c1ccc2c(ccn2-c2ccc(C(F)(F)F)cc2)c1.O=C(O)c1ccc2c(ccn2-c2ccc(C(F)(F)F)cn2)c1.O=C(O)c1ccc2c(ccn2-c2ccc(F)cc2F)c1.O=C(O)c1ccc2c(ccn2-c2cccc(C(F)(F)F)c2)c1.O=C(O)c1ccc2c(ccn2-c2ccccc2C(F)(F)F)c1. The van der Waals surface area contributed by atoms with E-state index >= 15 is 0 Å². The average molecular weight is 1500 g/mol. The number of hydrogen-bond donors (Lipinski definition) is 5. The van der Waals surface area contributed by atoms with Crippen molar-refractivity contribution >= 4 is 84.4 Å². The van der Waals surface area contributed by atoms with Crippen LogP contribution in [0.3, 0.4) is 0 Å². The number of carboxylic acids is 5. The molecule has 9 aromatic carbocycles. The van der Waals surface area contributed by atoms with Gasteiger partial charge in [-0.25, -0.2) is 37.7 Å². The second kappa shape index (κ2) is 30.1. The Bertz CT molecular complexity index is 5780. The lowest BCUT2D eigenvalue weighted by Crippen LogP contribution is -2.10. The van der Waals surface area contributed by atoms with E-state index in [0.717, 1.165) is 54.2 Å². The van der Waals surface area contributed by atoms with E-state index in [1.807, 2.05) is 0 Å². The van der Waals surface area contributed by atoms with Gasteiger partial charge in [0.05, 0.1) is 89.0 Å². The third-order valence-corrected chi connectivity index (χ3v) is 16.6. The lowest BCUT2D eigenvalue weighted by molar-refractivity contribution is -0.138. The Hall–Kier alpha value is -13.8. The Balaban J connectivity index is 0.000000134. The number of carbonyl (C=O) groups is 5. The predicted octanol–water partition coefficient (Wildman–Crippen LogP) is 20.4. The van der Waals surface area contributed by atoms with Gasteiger partial charge in [0.2, 0.25) is 0 Å². The molecule has 0 radical (unpaired) electrons. The largest absolute Gasteiger partial charge is 0.478 e. The maximum atomic E-state index is 13.8. The van der Waals surface area contributed by atoms with Gasteiger partial charge in [-0.3, -0.25) is 0 Å². The Labute approximate surface area is 597 Å². The zero-order valence-corrected chi connectivity index (χ0v) is 54.6. The third-order valence-electron chi connectivity index (χ3n) is 16.6. The van der Waals surface area contributed by atoms with E-state index in [9.17, 15) is 85.4 Å². The average Bonchev–Trinajstić information content (AvgIpc) is 1.62. The fourth-order valence-corrected chi connectivity index (χ4v) is 11.4. The monoisotopic (exact) mass is 1490 g/mol.